The topological polar surface area (TPSA) is 109 Å². The molecule has 2 aromatic rings. The second-order valence-corrected chi connectivity index (χ2v) is 7.79. The molecule has 0 amide bonds. The highest BCUT2D eigenvalue weighted by Crippen LogP contribution is 2.30. The molecule has 31 heavy (non-hydrogen) atoms. The number of halogens is 1. The molecule has 3 rings (SSSR count). The molecule has 9 heteroatoms. The largest absolute Gasteiger partial charge is 0.396 e. The first-order valence-corrected chi connectivity index (χ1v) is 10.1. The number of piperidine rings is 1. The summed E-state index contributed by atoms with van der Waals surface area (Å²) < 4.78 is 14.2. The van der Waals surface area contributed by atoms with Crippen LogP contribution < -0.4 is 16.4 Å². The Morgan fingerprint density at radius 3 is 2.65 bits per heavy atom. The lowest BCUT2D eigenvalue weighted by Crippen LogP contribution is -2.40. The van der Waals surface area contributed by atoms with E-state index in [1.54, 1.807) is 29.4 Å². The molecular formula is C22H29FN8. The van der Waals surface area contributed by atoms with Gasteiger partial charge in [0.2, 0.25) is 11.9 Å². The Bertz CT molecular complexity index is 1010. The van der Waals surface area contributed by atoms with Gasteiger partial charge >= 0.3 is 0 Å². The van der Waals surface area contributed by atoms with E-state index < -0.39 is 5.82 Å². The van der Waals surface area contributed by atoms with Gasteiger partial charge in [0.05, 0.1) is 11.4 Å². The van der Waals surface area contributed by atoms with Crippen LogP contribution in [0.15, 0.2) is 40.6 Å². The normalized spacial score (nSPS) is 15.8. The monoisotopic (exact) mass is 424 g/mol. The third-order valence-corrected chi connectivity index (χ3v) is 5.21. The number of aromatic nitrogens is 2. The van der Waals surface area contributed by atoms with Gasteiger partial charge < -0.3 is 21.3 Å². The molecule has 0 atom stereocenters. The molecule has 0 radical (unpaired) electrons. The van der Waals surface area contributed by atoms with Gasteiger partial charge in [-0.05, 0) is 44.2 Å². The molecule has 2 heterocycles. The zero-order valence-electron chi connectivity index (χ0n) is 18.2. The number of guanidine groups is 1. The Morgan fingerprint density at radius 2 is 2.03 bits per heavy atom. The van der Waals surface area contributed by atoms with Crippen molar-refractivity contribution in [2.75, 3.05) is 37.8 Å². The molecule has 1 saturated heterocycles. The first kappa shape index (κ1) is 22.4. The van der Waals surface area contributed by atoms with E-state index in [2.05, 4.69) is 26.6 Å². The van der Waals surface area contributed by atoms with Crippen molar-refractivity contribution in [3.8, 4) is 11.3 Å². The summed E-state index contributed by atoms with van der Waals surface area (Å²) in [5.74, 6) is 0.584. The predicted octanol–water partition coefficient (Wildman–Crippen LogP) is 2.77. The Morgan fingerprint density at radius 1 is 1.32 bits per heavy atom. The summed E-state index contributed by atoms with van der Waals surface area (Å²) in [7, 11) is 3.67. The molecule has 0 saturated carbocycles. The second-order valence-electron chi connectivity index (χ2n) is 7.79. The lowest BCUT2D eigenvalue weighted by atomic mass is 10.0. The summed E-state index contributed by atoms with van der Waals surface area (Å²) in [5.41, 5.74) is 14.6. The van der Waals surface area contributed by atoms with Crippen molar-refractivity contribution in [3.63, 3.8) is 0 Å². The molecule has 1 aromatic carbocycles. The Hall–Kier alpha value is -3.33. The molecule has 1 aromatic heterocycles. The molecule has 1 aliphatic heterocycles. The molecule has 0 bridgehead atoms. The van der Waals surface area contributed by atoms with E-state index in [0.29, 0.717) is 23.2 Å². The van der Waals surface area contributed by atoms with E-state index in [4.69, 9.17) is 16.5 Å². The van der Waals surface area contributed by atoms with E-state index in [0.717, 1.165) is 37.1 Å². The number of nitrogen functional groups attached to an aromatic ring is 1. The number of aliphatic imine (C=N–C) groups is 2. The average molecular weight is 425 g/mol. The van der Waals surface area contributed by atoms with Gasteiger partial charge in [0, 0.05) is 56.8 Å². The number of rotatable bonds is 4. The molecule has 1 aliphatic rings. The van der Waals surface area contributed by atoms with Gasteiger partial charge in [0.1, 0.15) is 5.82 Å². The lowest BCUT2D eigenvalue weighted by Gasteiger charge is -2.30. The van der Waals surface area contributed by atoms with Crippen LogP contribution in [0.2, 0.25) is 0 Å². The van der Waals surface area contributed by atoms with E-state index in [-0.39, 0.29) is 11.7 Å². The zero-order chi connectivity index (χ0) is 22.5. The molecule has 4 N–H and O–H groups in total. The second kappa shape index (κ2) is 9.65. The van der Waals surface area contributed by atoms with Gasteiger partial charge in [-0.25, -0.2) is 24.3 Å². The Labute approximate surface area is 182 Å². The van der Waals surface area contributed by atoms with Crippen LogP contribution in [0.25, 0.3) is 16.8 Å². The summed E-state index contributed by atoms with van der Waals surface area (Å²) in [6.45, 7) is 7.01. The molecular weight excluding hydrogens is 395 g/mol. The van der Waals surface area contributed by atoms with Crippen molar-refractivity contribution < 1.29 is 4.39 Å². The fraction of sp³-hybridized carbons (Fsp3) is 0.364. The maximum atomic E-state index is 14.2. The number of hydrogen-bond acceptors (Lipinski definition) is 6. The summed E-state index contributed by atoms with van der Waals surface area (Å²) >= 11 is 0. The first-order chi connectivity index (χ1) is 14.8. The minimum Gasteiger partial charge on any atom is -0.396 e. The number of benzene rings is 1. The van der Waals surface area contributed by atoms with Crippen molar-refractivity contribution in [1.82, 2.24) is 14.9 Å². The van der Waals surface area contributed by atoms with Crippen molar-refractivity contribution in [2.45, 2.75) is 25.8 Å². The number of nitrogens with zero attached hydrogens (tertiary/aromatic N) is 6. The molecule has 0 aliphatic carbocycles. The standard InChI is InChI=1S/C22H29FN8/c1-14(12-27-21(26-2)30(3)4)17-13-28-22(31-9-7-16(24)8-10-31)29-20(17)15-5-6-19(25)18(23)11-15/h5-6,11-13,16H,2,7-10,24-25H2,1,3-4H3. The Balaban J connectivity index is 2.07. The quantitative estimate of drug-likeness (QED) is 0.444. The van der Waals surface area contributed by atoms with E-state index in [1.807, 2.05) is 21.0 Å². The van der Waals surface area contributed by atoms with Crippen LogP contribution in [0, 0.1) is 5.82 Å². The number of hydrogen-bond donors (Lipinski definition) is 2. The number of allylic oxidation sites excluding steroid dienone is 1. The Kier molecular flexibility index (Phi) is 6.96. The molecule has 0 unspecified atom stereocenters. The average Bonchev–Trinajstić information content (AvgIpc) is 2.76. The minimum atomic E-state index is -0.488. The van der Waals surface area contributed by atoms with Crippen LogP contribution in [-0.2, 0) is 0 Å². The minimum absolute atomic E-state index is 0.0918. The SMILES string of the molecule is C=NC(=NC=C(C)c1cnc(N2CCC(N)CC2)nc1-c1ccc(N)c(F)c1)N(C)C. The summed E-state index contributed by atoms with van der Waals surface area (Å²) in [6, 6.07) is 4.89. The van der Waals surface area contributed by atoms with Crippen LogP contribution >= 0.6 is 0 Å². The molecule has 164 valence electrons. The first-order valence-electron chi connectivity index (χ1n) is 10.1. The summed E-state index contributed by atoms with van der Waals surface area (Å²) in [4.78, 5) is 21.5. The molecule has 0 spiro atoms. The van der Waals surface area contributed by atoms with Gasteiger partial charge in [-0.1, -0.05) is 6.07 Å². The number of nitrogens with two attached hydrogens (primary N) is 2. The highest BCUT2D eigenvalue weighted by atomic mass is 19.1. The maximum Gasteiger partial charge on any atom is 0.225 e. The third kappa shape index (κ3) is 5.24. The van der Waals surface area contributed by atoms with Crippen LogP contribution in [0.5, 0.6) is 0 Å². The number of anilines is 2. The lowest BCUT2D eigenvalue weighted by molar-refractivity contribution is 0.495. The van der Waals surface area contributed by atoms with Gasteiger partial charge in [-0.15, -0.1) is 0 Å². The van der Waals surface area contributed by atoms with Crippen molar-refractivity contribution >= 4 is 29.9 Å². The molecule has 8 nitrogen and oxygen atoms in total. The van der Waals surface area contributed by atoms with Crippen LogP contribution in [-0.4, -0.2) is 60.8 Å². The van der Waals surface area contributed by atoms with Gasteiger partial charge in [-0.2, -0.15) is 0 Å². The van der Waals surface area contributed by atoms with Crippen molar-refractivity contribution in [3.05, 3.63) is 42.0 Å². The molecule has 1 fully saturated rings. The van der Waals surface area contributed by atoms with Crippen molar-refractivity contribution in [1.29, 1.82) is 0 Å². The highest BCUT2D eigenvalue weighted by molar-refractivity contribution is 5.85. The zero-order valence-corrected chi connectivity index (χ0v) is 18.2. The smallest absolute Gasteiger partial charge is 0.225 e. The van der Waals surface area contributed by atoms with Gasteiger partial charge in [0.15, 0.2) is 0 Å². The van der Waals surface area contributed by atoms with Crippen molar-refractivity contribution in [2.24, 2.45) is 15.7 Å². The maximum absolute atomic E-state index is 14.2. The third-order valence-electron chi connectivity index (χ3n) is 5.21. The predicted molar refractivity (Wildman–Crippen MR) is 126 cm³/mol. The highest BCUT2D eigenvalue weighted by Gasteiger charge is 2.20. The summed E-state index contributed by atoms with van der Waals surface area (Å²) in [5, 5.41) is 0. The van der Waals surface area contributed by atoms with Crippen LogP contribution in [0.1, 0.15) is 25.3 Å². The van der Waals surface area contributed by atoms with Gasteiger partial charge in [-0.3, -0.25) is 0 Å². The van der Waals surface area contributed by atoms with Crippen LogP contribution in [0.3, 0.4) is 0 Å². The van der Waals surface area contributed by atoms with E-state index in [1.165, 1.54) is 6.07 Å². The van der Waals surface area contributed by atoms with E-state index in [9.17, 15) is 4.39 Å². The fourth-order valence-corrected chi connectivity index (χ4v) is 3.33. The van der Waals surface area contributed by atoms with Gasteiger partial charge in [0.25, 0.3) is 0 Å². The van der Waals surface area contributed by atoms with E-state index >= 15 is 0 Å². The fourth-order valence-electron chi connectivity index (χ4n) is 3.33. The summed E-state index contributed by atoms with van der Waals surface area (Å²) in [6.07, 6.45) is 5.19. The van der Waals surface area contributed by atoms with Crippen LogP contribution in [0.4, 0.5) is 16.0 Å².